The molecule has 1 aromatic rings. The molecule has 2 N–H and O–H groups in total. The van der Waals surface area contributed by atoms with Crippen LogP contribution in [0.4, 0.5) is 0 Å². The van der Waals surface area contributed by atoms with Gasteiger partial charge in [-0.2, -0.15) is 0 Å². The van der Waals surface area contributed by atoms with E-state index < -0.39 is 0 Å². The van der Waals surface area contributed by atoms with Gasteiger partial charge in [-0.15, -0.1) is 0 Å². The quantitative estimate of drug-likeness (QED) is 0.762. The van der Waals surface area contributed by atoms with Crippen LogP contribution in [0.2, 0.25) is 0 Å². The monoisotopic (exact) mass is 289 g/mol. The van der Waals surface area contributed by atoms with Crippen LogP contribution >= 0.6 is 0 Å². The minimum atomic E-state index is -0.0522. The third-order valence-corrected chi connectivity index (χ3v) is 3.85. The van der Waals surface area contributed by atoms with E-state index in [0.717, 1.165) is 17.9 Å². The first-order valence-corrected chi connectivity index (χ1v) is 7.80. The van der Waals surface area contributed by atoms with Crippen LogP contribution in [0, 0.1) is 12.8 Å². The Morgan fingerprint density at radius 1 is 1.33 bits per heavy atom. The molecule has 1 heterocycles. The van der Waals surface area contributed by atoms with Gasteiger partial charge in [0.25, 0.3) is 5.91 Å². The second-order valence-corrected chi connectivity index (χ2v) is 6.09. The maximum atomic E-state index is 11.7. The minimum absolute atomic E-state index is 0.0522. The number of aromatic nitrogens is 1. The van der Waals surface area contributed by atoms with Crippen LogP contribution in [0.1, 0.15) is 37.1 Å². The van der Waals surface area contributed by atoms with Crippen molar-refractivity contribution >= 4 is 5.91 Å². The molecule has 2 aliphatic carbocycles. The highest BCUT2D eigenvalue weighted by atomic mass is 16.5. The summed E-state index contributed by atoms with van der Waals surface area (Å²) < 4.78 is 5.64. The largest absolute Gasteiger partial charge is 0.482 e. The number of carbonyl (C=O) groups is 1. The zero-order valence-corrected chi connectivity index (χ0v) is 12.5. The van der Waals surface area contributed by atoms with Gasteiger partial charge in [-0.25, -0.2) is 0 Å². The molecule has 0 spiro atoms. The van der Waals surface area contributed by atoms with Crippen molar-refractivity contribution in [3.05, 3.63) is 23.5 Å². The van der Waals surface area contributed by atoms with Crippen LogP contribution in [0.25, 0.3) is 0 Å². The first-order valence-electron chi connectivity index (χ1n) is 7.80. The summed E-state index contributed by atoms with van der Waals surface area (Å²) in [6.45, 7) is 3.51. The van der Waals surface area contributed by atoms with Crippen LogP contribution in [-0.4, -0.2) is 30.1 Å². The summed E-state index contributed by atoms with van der Waals surface area (Å²) >= 11 is 0. The van der Waals surface area contributed by atoms with Gasteiger partial charge < -0.3 is 15.4 Å². The lowest BCUT2D eigenvalue weighted by Gasteiger charge is -2.12. The first kappa shape index (κ1) is 14.3. The van der Waals surface area contributed by atoms with Crippen LogP contribution in [0.15, 0.2) is 12.1 Å². The van der Waals surface area contributed by atoms with E-state index in [1.807, 2.05) is 19.1 Å². The maximum absolute atomic E-state index is 11.7. The van der Waals surface area contributed by atoms with Gasteiger partial charge in [-0.3, -0.25) is 9.78 Å². The minimum Gasteiger partial charge on any atom is -0.482 e. The Kier molecular flexibility index (Phi) is 4.39. The van der Waals surface area contributed by atoms with Gasteiger partial charge >= 0.3 is 0 Å². The number of amides is 1. The fourth-order valence-corrected chi connectivity index (χ4v) is 2.16. The Labute approximate surface area is 125 Å². The highest BCUT2D eigenvalue weighted by Crippen LogP contribution is 2.27. The van der Waals surface area contributed by atoms with E-state index in [2.05, 4.69) is 15.6 Å². The molecule has 0 saturated heterocycles. The molecule has 0 bridgehead atoms. The normalized spacial score (nSPS) is 17.6. The van der Waals surface area contributed by atoms with Crippen molar-refractivity contribution in [2.45, 2.75) is 45.2 Å². The van der Waals surface area contributed by atoms with Gasteiger partial charge in [0.15, 0.2) is 6.61 Å². The summed E-state index contributed by atoms with van der Waals surface area (Å²) in [5, 5.41) is 6.34. The van der Waals surface area contributed by atoms with Crippen molar-refractivity contribution in [1.29, 1.82) is 0 Å². The van der Waals surface area contributed by atoms with E-state index in [9.17, 15) is 4.79 Å². The van der Waals surface area contributed by atoms with Gasteiger partial charge in [0.2, 0.25) is 0 Å². The first-order chi connectivity index (χ1) is 10.2. The molecule has 114 valence electrons. The Bertz CT molecular complexity index is 510. The van der Waals surface area contributed by atoms with Gasteiger partial charge in [0.1, 0.15) is 5.75 Å². The molecule has 0 radical (unpaired) electrons. The van der Waals surface area contributed by atoms with Crippen molar-refractivity contribution in [3.8, 4) is 5.75 Å². The number of ether oxygens (including phenoxy) is 1. The summed E-state index contributed by atoms with van der Waals surface area (Å²) in [5.41, 5.74) is 1.85. The van der Waals surface area contributed by atoms with Gasteiger partial charge in [0, 0.05) is 24.8 Å². The second-order valence-electron chi connectivity index (χ2n) is 6.09. The number of rotatable bonds is 8. The van der Waals surface area contributed by atoms with E-state index in [4.69, 9.17) is 4.74 Å². The number of pyridine rings is 1. The zero-order chi connectivity index (χ0) is 14.7. The Morgan fingerprint density at radius 2 is 2.14 bits per heavy atom. The molecule has 5 heteroatoms. The smallest absolute Gasteiger partial charge is 0.257 e. The SMILES string of the molecule is Cc1ccc(OCC(=O)NCC2CC2)c(CNC2CC2)n1. The number of carbonyl (C=O) groups excluding carboxylic acids is 1. The van der Waals surface area contributed by atoms with Gasteiger partial charge in [-0.1, -0.05) is 0 Å². The second kappa shape index (κ2) is 6.43. The molecule has 1 aromatic heterocycles. The van der Waals surface area contributed by atoms with E-state index in [0.29, 0.717) is 24.3 Å². The summed E-state index contributed by atoms with van der Waals surface area (Å²) in [7, 11) is 0. The van der Waals surface area contributed by atoms with Crippen molar-refractivity contribution in [2.24, 2.45) is 5.92 Å². The summed E-state index contributed by atoms with van der Waals surface area (Å²) in [4.78, 5) is 16.2. The average molecular weight is 289 g/mol. The number of nitrogens with one attached hydrogen (secondary N) is 2. The predicted octanol–water partition coefficient (Wildman–Crippen LogP) is 1.55. The van der Waals surface area contributed by atoms with E-state index in [1.165, 1.54) is 25.7 Å². The van der Waals surface area contributed by atoms with Crippen LogP contribution < -0.4 is 15.4 Å². The molecular weight excluding hydrogens is 266 g/mol. The van der Waals surface area contributed by atoms with Gasteiger partial charge in [-0.05, 0) is 50.7 Å². The van der Waals surface area contributed by atoms with E-state index in [1.54, 1.807) is 0 Å². The third kappa shape index (κ3) is 4.70. The fraction of sp³-hybridized carbons (Fsp3) is 0.625. The topological polar surface area (TPSA) is 63.2 Å². The van der Waals surface area contributed by atoms with E-state index >= 15 is 0 Å². The lowest BCUT2D eigenvalue weighted by Crippen LogP contribution is -2.30. The van der Waals surface area contributed by atoms with Crippen molar-refractivity contribution in [1.82, 2.24) is 15.6 Å². The van der Waals surface area contributed by atoms with Crippen molar-refractivity contribution in [3.63, 3.8) is 0 Å². The Hall–Kier alpha value is -1.62. The Morgan fingerprint density at radius 3 is 2.86 bits per heavy atom. The molecule has 2 fully saturated rings. The fourth-order valence-electron chi connectivity index (χ4n) is 2.16. The molecule has 0 unspecified atom stereocenters. The molecule has 0 aromatic carbocycles. The number of hydrogen-bond acceptors (Lipinski definition) is 4. The summed E-state index contributed by atoms with van der Waals surface area (Å²) in [6, 6.07) is 4.44. The standard InChI is InChI=1S/C16H23N3O2/c1-11-2-7-15(14(19-11)9-17-13-5-6-13)21-10-16(20)18-8-12-3-4-12/h2,7,12-13,17H,3-6,8-10H2,1H3,(H,18,20). The molecule has 0 atom stereocenters. The summed E-state index contributed by atoms with van der Waals surface area (Å²) in [5.74, 6) is 1.34. The lowest BCUT2D eigenvalue weighted by molar-refractivity contribution is -0.123. The number of hydrogen-bond donors (Lipinski definition) is 2. The molecule has 2 saturated carbocycles. The Balaban J connectivity index is 1.50. The molecule has 21 heavy (non-hydrogen) atoms. The molecule has 5 nitrogen and oxygen atoms in total. The predicted molar refractivity (Wildman–Crippen MR) is 80.1 cm³/mol. The molecule has 0 aliphatic heterocycles. The molecule has 2 aliphatic rings. The lowest BCUT2D eigenvalue weighted by atomic mass is 10.3. The highest BCUT2D eigenvalue weighted by molar-refractivity contribution is 5.77. The zero-order valence-electron chi connectivity index (χ0n) is 12.5. The van der Waals surface area contributed by atoms with Crippen LogP contribution in [0.5, 0.6) is 5.75 Å². The molecule has 3 rings (SSSR count). The average Bonchev–Trinajstić information content (AvgIpc) is 3.36. The third-order valence-electron chi connectivity index (χ3n) is 3.85. The summed E-state index contributed by atoms with van der Waals surface area (Å²) in [6.07, 6.45) is 4.96. The van der Waals surface area contributed by atoms with E-state index in [-0.39, 0.29) is 12.5 Å². The van der Waals surface area contributed by atoms with Crippen molar-refractivity contribution < 1.29 is 9.53 Å². The maximum Gasteiger partial charge on any atom is 0.257 e. The van der Waals surface area contributed by atoms with Crippen LogP contribution in [0.3, 0.4) is 0 Å². The van der Waals surface area contributed by atoms with Crippen LogP contribution in [-0.2, 0) is 11.3 Å². The van der Waals surface area contributed by atoms with Crippen molar-refractivity contribution in [2.75, 3.05) is 13.2 Å². The number of nitrogens with zero attached hydrogens (tertiary/aromatic N) is 1. The molecular formula is C16H23N3O2. The highest BCUT2D eigenvalue weighted by Gasteiger charge is 2.22. The van der Waals surface area contributed by atoms with Gasteiger partial charge in [0.05, 0.1) is 5.69 Å². The number of aryl methyl sites for hydroxylation is 1. The molecule has 1 amide bonds.